The minimum absolute atomic E-state index is 0. The highest BCUT2D eigenvalue weighted by atomic mass is 79.9. The van der Waals surface area contributed by atoms with Crippen LogP contribution in [0.4, 0.5) is 0 Å². The van der Waals surface area contributed by atoms with Crippen molar-refractivity contribution in [2.45, 2.75) is 19.3 Å². The number of aryl methyl sites for hydroxylation is 1. The topological polar surface area (TPSA) is 41.1 Å². The molecule has 1 aliphatic heterocycles. The molecule has 0 spiro atoms. The maximum Gasteiger partial charge on any atom is 0.220 e. The largest absolute Gasteiger partial charge is 0.352 e. The van der Waals surface area contributed by atoms with E-state index in [0.717, 1.165) is 30.4 Å². The van der Waals surface area contributed by atoms with Gasteiger partial charge in [-0.25, -0.2) is 0 Å². The molecule has 1 aromatic heterocycles. The highest BCUT2D eigenvalue weighted by Gasteiger charge is 2.06. The lowest BCUT2D eigenvalue weighted by Crippen LogP contribution is -2.29. The average molecular weight is 366 g/mol. The normalized spacial score (nSPS) is 14.5. The molecule has 0 unspecified atom stereocenters. The Kier molecular flexibility index (Phi) is 7.68. The molecule has 0 atom stereocenters. The van der Waals surface area contributed by atoms with Gasteiger partial charge in [0.25, 0.3) is 0 Å². The third-order valence-corrected chi connectivity index (χ3v) is 4.65. The zero-order valence-corrected chi connectivity index (χ0v) is 13.8. The third-order valence-electron chi connectivity index (χ3n) is 2.89. The number of thiophene rings is 1. The molecule has 6 heteroatoms. The van der Waals surface area contributed by atoms with E-state index in [1.807, 2.05) is 5.38 Å². The average Bonchev–Trinajstić information content (AvgIpc) is 2.81. The summed E-state index contributed by atoms with van der Waals surface area (Å²) in [5, 5.41) is 8.30. The van der Waals surface area contributed by atoms with Crippen LogP contribution in [-0.4, -0.2) is 25.5 Å². The Morgan fingerprint density at radius 1 is 1.53 bits per heavy atom. The molecule has 0 bridgehead atoms. The van der Waals surface area contributed by atoms with Gasteiger partial charge in [-0.2, -0.15) is 0 Å². The quantitative estimate of drug-likeness (QED) is 0.788. The van der Waals surface area contributed by atoms with Crippen LogP contribution in [-0.2, 0) is 11.2 Å². The number of hydrogen-bond donors (Lipinski definition) is 2. The van der Waals surface area contributed by atoms with Crippen LogP contribution in [0, 0.1) is 0 Å². The summed E-state index contributed by atoms with van der Waals surface area (Å²) in [6.07, 6.45) is 4.60. The highest BCUT2D eigenvalue weighted by molar-refractivity contribution is 9.10. The van der Waals surface area contributed by atoms with Crippen molar-refractivity contribution < 1.29 is 4.79 Å². The summed E-state index contributed by atoms with van der Waals surface area (Å²) >= 11 is 5.11. The maximum atomic E-state index is 11.7. The Morgan fingerprint density at radius 3 is 3.00 bits per heavy atom. The fraction of sp³-hybridized carbons (Fsp3) is 0.462. The number of rotatable bonds is 5. The summed E-state index contributed by atoms with van der Waals surface area (Å²) in [7, 11) is 0. The molecule has 0 fully saturated rings. The minimum atomic E-state index is 0. The van der Waals surface area contributed by atoms with E-state index < -0.39 is 0 Å². The van der Waals surface area contributed by atoms with Gasteiger partial charge in [-0.3, -0.25) is 4.79 Å². The van der Waals surface area contributed by atoms with Crippen LogP contribution < -0.4 is 10.6 Å². The van der Waals surface area contributed by atoms with Gasteiger partial charge in [-0.15, -0.1) is 23.7 Å². The Labute approximate surface area is 132 Å². The van der Waals surface area contributed by atoms with E-state index in [0.29, 0.717) is 13.0 Å². The molecule has 3 nitrogen and oxygen atoms in total. The third kappa shape index (κ3) is 6.08. The Hall–Kier alpha value is -0.360. The summed E-state index contributed by atoms with van der Waals surface area (Å²) in [5.41, 5.74) is 1.33. The maximum absolute atomic E-state index is 11.7. The number of amides is 1. The van der Waals surface area contributed by atoms with E-state index in [1.54, 1.807) is 11.3 Å². The fourth-order valence-electron chi connectivity index (χ4n) is 1.85. The molecule has 2 rings (SSSR count). The number of carbonyl (C=O) groups excluding carboxylic acids is 1. The lowest BCUT2D eigenvalue weighted by atomic mass is 10.1. The fourth-order valence-corrected chi connectivity index (χ4v) is 3.31. The van der Waals surface area contributed by atoms with Gasteiger partial charge in [0.05, 0.1) is 0 Å². The predicted molar refractivity (Wildman–Crippen MR) is 86.2 cm³/mol. The van der Waals surface area contributed by atoms with Crippen molar-refractivity contribution >= 4 is 45.6 Å². The molecule has 0 aliphatic carbocycles. The van der Waals surface area contributed by atoms with Crippen LogP contribution in [0.25, 0.3) is 0 Å². The zero-order valence-electron chi connectivity index (χ0n) is 10.6. The van der Waals surface area contributed by atoms with Gasteiger partial charge < -0.3 is 10.6 Å². The molecular formula is C13H18BrClN2OS. The second kappa shape index (κ2) is 8.74. The van der Waals surface area contributed by atoms with Crippen LogP contribution >= 0.6 is 39.7 Å². The molecule has 1 amide bonds. The molecule has 1 aliphatic rings. The van der Waals surface area contributed by atoms with Crippen molar-refractivity contribution in [3.8, 4) is 0 Å². The standard InChI is InChI=1S/C13H17BrN2OS.ClH/c14-11-7-12(18-9-11)1-2-13(17)16-8-10-3-5-15-6-4-10;/h3,7,9,15H,1-2,4-6,8H2,(H,16,17);1H. The van der Waals surface area contributed by atoms with Crippen molar-refractivity contribution in [1.29, 1.82) is 0 Å². The van der Waals surface area contributed by atoms with Crippen molar-refractivity contribution in [3.05, 3.63) is 32.4 Å². The lowest BCUT2D eigenvalue weighted by molar-refractivity contribution is -0.120. The summed E-state index contributed by atoms with van der Waals surface area (Å²) in [4.78, 5) is 13.0. The molecule has 1 aromatic rings. The predicted octanol–water partition coefficient (Wildman–Crippen LogP) is 2.90. The monoisotopic (exact) mass is 364 g/mol. The van der Waals surface area contributed by atoms with Gasteiger partial charge in [0.2, 0.25) is 5.91 Å². The van der Waals surface area contributed by atoms with Gasteiger partial charge in [0.1, 0.15) is 0 Å². The molecule has 0 aromatic carbocycles. The second-order valence-corrected chi connectivity index (χ2v) is 6.24. The molecule has 0 radical (unpaired) electrons. The summed E-state index contributed by atoms with van der Waals surface area (Å²) < 4.78 is 1.10. The number of carbonyl (C=O) groups is 1. The number of hydrogen-bond acceptors (Lipinski definition) is 3. The van der Waals surface area contributed by atoms with Crippen molar-refractivity contribution in [3.63, 3.8) is 0 Å². The molecular weight excluding hydrogens is 348 g/mol. The Balaban J connectivity index is 0.00000180. The van der Waals surface area contributed by atoms with E-state index in [-0.39, 0.29) is 18.3 Å². The molecule has 2 heterocycles. The van der Waals surface area contributed by atoms with E-state index in [1.165, 1.54) is 10.5 Å². The van der Waals surface area contributed by atoms with Gasteiger partial charge in [0, 0.05) is 34.2 Å². The van der Waals surface area contributed by atoms with Crippen LogP contribution in [0.2, 0.25) is 0 Å². The first-order chi connectivity index (χ1) is 8.74. The van der Waals surface area contributed by atoms with Crippen LogP contribution in [0.1, 0.15) is 17.7 Å². The number of halogens is 2. The first-order valence-corrected chi connectivity index (χ1v) is 7.79. The van der Waals surface area contributed by atoms with E-state index in [4.69, 9.17) is 0 Å². The second-order valence-electron chi connectivity index (χ2n) is 4.32. The smallest absolute Gasteiger partial charge is 0.220 e. The van der Waals surface area contributed by atoms with Gasteiger partial charge >= 0.3 is 0 Å². The molecule has 0 saturated carbocycles. The molecule has 2 N–H and O–H groups in total. The lowest BCUT2D eigenvalue weighted by Gasteiger charge is -2.14. The van der Waals surface area contributed by atoms with E-state index >= 15 is 0 Å². The van der Waals surface area contributed by atoms with Gasteiger partial charge in [0.15, 0.2) is 0 Å². The highest BCUT2D eigenvalue weighted by Crippen LogP contribution is 2.20. The van der Waals surface area contributed by atoms with E-state index in [2.05, 4.69) is 38.7 Å². The van der Waals surface area contributed by atoms with E-state index in [9.17, 15) is 4.79 Å². The van der Waals surface area contributed by atoms with Crippen molar-refractivity contribution in [2.75, 3.05) is 19.6 Å². The zero-order chi connectivity index (χ0) is 12.8. The molecule has 106 valence electrons. The van der Waals surface area contributed by atoms with Crippen LogP contribution in [0.5, 0.6) is 0 Å². The molecule has 0 saturated heterocycles. The van der Waals surface area contributed by atoms with Crippen molar-refractivity contribution in [2.24, 2.45) is 0 Å². The number of nitrogens with one attached hydrogen (secondary N) is 2. The van der Waals surface area contributed by atoms with Crippen LogP contribution in [0.15, 0.2) is 27.6 Å². The Morgan fingerprint density at radius 2 is 2.37 bits per heavy atom. The SMILES string of the molecule is Cl.O=C(CCc1cc(Br)cs1)NCC1=CCNCC1. The summed E-state index contributed by atoms with van der Waals surface area (Å²) in [6.45, 7) is 2.65. The van der Waals surface area contributed by atoms with Gasteiger partial charge in [-0.1, -0.05) is 11.6 Å². The van der Waals surface area contributed by atoms with Crippen LogP contribution in [0.3, 0.4) is 0 Å². The summed E-state index contributed by atoms with van der Waals surface area (Å²) in [6, 6.07) is 2.08. The van der Waals surface area contributed by atoms with Gasteiger partial charge in [-0.05, 0) is 41.4 Å². The molecule has 19 heavy (non-hydrogen) atoms. The minimum Gasteiger partial charge on any atom is -0.352 e. The van der Waals surface area contributed by atoms with Crippen molar-refractivity contribution in [1.82, 2.24) is 10.6 Å². The summed E-state index contributed by atoms with van der Waals surface area (Å²) in [5.74, 6) is 0.138. The Bertz CT molecular complexity index is 448. The first-order valence-electron chi connectivity index (χ1n) is 6.12. The first kappa shape index (κ1) is 16.7.